The molecule has 0 unspecified atom stereocenters. The molecule has 1 aliphatic rings. The van der Waals surface area contributed by atoms with Gasteiger partial charge in [-0.3, -0.25) is 9.59 Å². The normalized spacial score (nSPS) is 14.5. The number of hydrogen-bond acceptors (Lipinski definition) is 3. The molecule has 0 spiro atoms. The highest BCUT2D eigenvalue weighted by Gasteiger charge is 2.43. The summed E-state index contributed by atoms with van der Waals surface area (Å²) in [6.45, 7) is 3.70. The second-order valence-corrected chi connectivity index (χ2v) is 5.66. The van der Waals surface area contributed by atoms with Gasteiger partial charge in [0.25, 0.3) is 11.8 Å². The minimum Gasteiger partial charge on any atom is -0.351 e. The van der Waals surface area contributed by atoms with Crippen molar-refractivity contribution in [3.05, 3.63) is 70.8 Å². The van der Waals surface area contributed by atoms with Gasteiger partial charge in [0.1, 0.15) is 0 Å². The van der Waals surface area contributed by atoms with Crippen molar-refractivity contribution < 1.29 is 14.4 Å². The van der Waals surface area contributed by atoms with E-state index in [0.29, 0.717) is 16.0 Å². The molecule has 24 heavy (non-hydrogen) atoms. The van der Waals surface area contributed by atoms with Gasteiger partial charge in [0.2, 0.25) is 0 Å². The molecule has 3 rings (SSSR count). The molecule has 0 radical (unpaired) electrons. The van der Waals surface area contributed by atoms with Crippen LogP contribution in [-0.4, -0.2) is 22.7 Å². The molecule has 0 saturated heterocycles. The summed E-state index contributed by atoms with van der Waals surface area (Å²) in [7, 11) is 0. The number of nitrogens with two attached hydrogens (primary N) is 1. The van der Waals surface area contributed by atoms with Crippen LogP contribution >= 0.6 is 0 Å². The Bertz CT molecular complexity index is 845. The number of primary amides is 1. The Balaban J connectivity index is 2.34. The first-order valence-electron chi connectivity index (χ1n) is 7.48. The molecule has 0 saturated carbocycles. The van der Waals surface area contributed by atoms with Crippen molar-refractivity contribution in [2.75, 3.05) is 0 Å². The summed E-state index contributed by atoms with van der Waals surface area (Å²) < 4.78 is 0. The van der Waals surface area contributed by atoms with Crippen LogP contribution < -0.4 is 5.73 Å². The number of carbonyl (C=O) groups is 3. The average molecular weight is 320 g/mol. The summed E-state index contributed by atoms with van der Waals surface area (Å²) in [4.78, 5) is 37.6. The maximum Gasteiger partial charge on any atom is 0.328 e. The number of carbonyl (C=O) groups excluding carboxylic acids is 3. The van der Waals surface area contributed by atoms with Crippen molar-refractivity contribution in [2.45, 2.75) is 13.8 Å². The minimum absolute atomic E-state index is 0.214. The van der Waals surface area contributed by atoms with E-state index in [2.05, 4.69) is 0 Å². The molecular formula is C19H16N2O3. The van der Waals surface area contributed by atoms with Crippen LogP contribution in [0.25, 0.3) is 11.1 Å². The third-order valence-electron chi connectivity index (χ3n) is 4.13. The number of nitrogens with zero attached hydrogens (tertiary/aromatic N) is 1. The zero-order chi connectivity index (χ0) is 17.4. The van der Waals surface area contributed by atoms with Gasteiger partial charge in [-0.25, -0.2) is 4.79 Å². The zero-order valence-corrected chi connectivity index (χ0v) is 13.4. The quantitative estimate of drug-likeness (QED) is 0.864. The lowest BCUT2D eigenvalue weighted by molar-refractivity contribution is -0.132. The van der Waals surface area contributed by atoms with Gasteiger partial charge in [-0.2, -0.15) is 4.90 Å². The summed E-state index contributed by atoms with van der Waals surface area (Å²) >= 11 is 0. The van der Waals surface area contributed by atoms with E-state index in [0.717, 1.165) is 11.1 Å². The van der Waals surface area contributed by atoms with Crippen molar-refractivity contribution in [3.63, 3.8) is 0 Å². The highest BCUT2D eigenvalue weighted by molar-refractivity contribution is 6.52. The van der Waals surface area contributed by atoms with Gasteiger partial charge in [-0.05, 0) is 36.1 Å². The molecule has 5 nitrogen and oxygen atoms in total. The fourth-order valence-electron chi connectivity index (χ4n) is 2.94. The van der Waals surface area contributed by atoms with Crippen LogP contribution in [0.4, 0.5) is 4.79 Å². The standard InChI is InChI=1S/C19H16N2O3/c1-11-7-3-5-9-13(11)15-16(14-10-6-4-8-12(14)2)18(23)21(17(15)22)19(20)24/h3-10H,1-2H3,(H2,20,24). The molecule has 0 bridgehead atoms. The summed E-state index contributed by atoms with van der Waals surface area (Å²) in [6, 6.07) is 13.4. The number of hydrogen-bond donors (Lipinski definition) is 1. The Morgan fingerprint density at radius 1 is 0.792 bits per heavy atom. The van der Waals surface area contributed by atoms with E-state index < -0.39 is 17.8 Å². The van der Waals surface area contributed by atoms with E-state index in [1.807, 2.05) is 38.1 Å². The number of imide groups is 3. The topological polar surface area (TPSA) is 80.5 Å². The molecule has 0 fully saturated rings. The maximum atomic E-state index is 12.8. The van der Waals surface area contributed by atoms with E-state index in [9.17, 15) is 14.4 Å². The molecule has 1 heterocycles. The van der Waals surface area contributed by atoms with Crippen LogP contribution in [-0.2, 0) is 9.59 Å². The fourth-order valence-corrected chi connectivity index (χ4v) is 2.94. The lowest BCUT2D eigenvalue weighted by Crippen LogP contribution is -2.41. The van der Waals surface area contributed by atoms with Crippen molar-refractivity contribution in [1.29, 1.82) is 0 Å². The Hall–Kier alpha value is -3.21. The van der Waals surface area contributed by atoms with E-state index in [-0.39, 0.29) is 11.1 Å². The Morgan fingerprint density at radius 2 is 1.17 bits per heavy atom. The van der Waals surface area contributed by atoms with E-state index in [1.165, 1.54) is 0 Å². The molecule has 0 atom stereocenters. The first-order valence-corrected chi connectivity index (χ1v) is 7.48. The third-order valence-corrected chi connectivity index (χ3v) is 4.13. The van der Waals surface area contributed by atoms with E-state index in [4.69, 9.17) is 5.73 Å². The number of amides is 4. The fraction of sp³-hybridized carbons (Fsp3) is 0.105. The van der Waals surface area contributed by atoms with E-state index in [1.54, 1.807) is 24.3 Å². The highest BCUT2D eigenvalue weighted by atomic mass is 16.2. The van der Waals surface area contributed by atoms with Gasteiger partial charge in [0.05, 0.1) is 11.1 Å². The van der Waals surface area contributed by atoms with Gasteiger partial charge in [-0.15, -0.1) is 0 Å². The maximum absolute atomic E-state index is 12.8. The lowest BCUT2D eigenvalue weighted by Gasteiger charge is -2.10. The highest BCUT2D eigenvalue weighted by Crippen LogP contribution is 2.37. The molecule has 2 aromatic carbocycles. The number of urea groups is 1. The van der Waals surface area contributed by atoms with Crippen LogP contribution in [0.1, 0.15) is 22.3 Å². The van der Waals surface area contributed by atoms with Gasteiger partial charge in [0.15, 0.2) is 0 Å². The van der Waals surface area contributed by atoms with E-state index >= 15 is 0 Å². The molecule has 4 amide bonds. The largest absolute Gasteiger partial charge is 0.351 e. The summed E-state index contributed by atoms with van der Waals surface area (Å²) in [6.07, 6.45) is 0. The van der Waals surface area contributed by atoms with Crippen molar-refractivity contribution in [1.82, 2.24) is 4.90 Å². The van der Waals surface area contributed by atoms with Crippen molar-refractivity contribution in [2.24, 2.45) is 5.73 Å². The first kappa shape index (κ1) is 15.7. The SMILES string of the molecule is Cc1ccccc1C1=C(c2ccccc2C)C(=O)N(C(N)=O)C1=O. The lowest BCUT2D eigenvalue weighted by atomic mass is 9.92. The molecule has 2 N–H and O–H groups in total. The minimum atomic E-state index is -1.07. The Kier molecular flexibility index (Phi) is 3.77. The summed E-state index contributed by atoms with van der Waals surface area (Å²) in [5.41, 5.74) is 8.61. The monoisotopic (exact) mass is 320 g/mol. The van der Waals surface area contributed by atoms with Gasteiger partial charge in [0, 0.05) is 0 Å². The summed E-state index contributed by atoms with van der Waals surface area (Å²) in [5.74, 6) is -1.36. The van der Waals surface area contributed by atoms with Crippen LogP contribution in [0, 0.1) is 13.8 Å². The van der Waals surface area contributed by atoms with Gasteiger partial charge >= 0.3 is 6.03 Å². The van der Waals surface area contributed by atoms with Crippen LogP contribution in [0.2, 0.25) is 0 Å². The second-order valence-electron chi connectivity index (χ2n) is 5.66. The zero-order valence-electron chi connectivity index (χ0n) is 13.4. The van der Waals surface area contributed by atoms with Gasteiger partial charge < -0.3 is 5.73 Å². The number of benzene rings is 2. The molecule has 2 aromatic rings. The molecule has 1 aliphatic heterocycles. The van der Waals surface area contributed by atoms with Crippen LogP contribution in [0.5, 0.6) is 0 Å². The smallest absolute Gasteiger partial charge is 0.328 e. The van der Waals surface area contributed by atoms with Crippen molar-refractivity contribution in [3.8, 4) is 0 Å². The molecular weight excluding hydrogens is 304 g/mol. The number of aryl methyl sites for hydroxylation is 2. The molecule has 0 aliphatic carbocycles. The molecule has 0 aromatic heterocycles. The van der Waals surface area contributed by atoms with Crippen LogP contribution in [0.3, 0.4) is 0 Å². The van der Waals surface area contributed by atoms with Crippen LogP contribution in [0.15, 0.2) is 48.5 Å². The van der Waals surface area contributed by atoms with Gasteiger partial charge in [-0.1, -0.05) is 48.5 Å². The van der Waals surface area contributed by atoms with Crippen molar-refractivity contribution >= 4 is 29.0 Å². The Morgan fingerprint density at radius 3 is 1.50 bits per heavy atom. The predicted molar refractivity (Wildman–Crippen MR) is 90.6 cm³/mol. The number of rotatable bonds is 2. The predicted octanol–water partition coefficient (Wildman–Crippen LogP) is 2.66. The third kappa shape index (κ3) is 2.31. The Labute approximate surface area is 139 Å². The molecule has 5 heteroatoms. The average Bonchev–Trinajstić information content (AvgIpc) is 2.79. The second kappa shape index (κ2) is 5.77. The summed E-state index contributed by atoms with van der Waals surface area (Å²) in [5, 5.41) is 0. The first-order chi connectivity index (χ1) is 11.4. The molecule has 120 valence electrons.